The maximum atomic E-state index is 12.4. The van der Waals surface area contributed by atoms with Gasteiger partial charge in [-0.05, 0) is 36.2 Å². The first kappa shape index (κ1) is 15.0. The van der Waals surface area contributed by atoms with E-state index >= 15 is 0 Å². The molecule has 1 aromatic carbocycles. The van der Waals surface area contributed by atoms with Crippen LogP contribution in [0.2, 0.25) is 0 Å². The van der Waals surface area contributed by atoms with Crippen molar-refractivity contribution in [2.45, 2.75) is 18.2 Å². The number of benzene rings is 1. The van der Waals surface area contributed by atoms with Gasteiger partial charge in [-0.1, -0.05) is 13.0 Å². The van der Waals surface area contributed by atoms with Crippen LogP contribution in [0, 0.1) is 0 Å². The summed E-state index contributed by atoms with van der Waals surface area (Å²) in [4.78, 5) is 14.8. The fourth-order valence-corrected chi connectivity index (χ4v) is 3.24. The molecule has 0 aliphatic rings. The maximum absolute atomic E-state index is 12.4. The zero-order chi connectivity index (χ0) is 15.5. The van der Waals surface area contributed by atoms with E-state index in [1.54, 1.807) is 19.1 Å². The number of anilines is 1. The van der Waals surface area contributed by atoms with Gasteiger partial charge in [0.05, 0.1) is 22.3 Å². The maximum Gasteiger partial charge on any atom is 0.335 e. The second-order valence-corrected chi connectivity index (χ2v) is 5.98. The number of rotatable bonds is 5. The Kier molecular flexibility index (Phi) is 4.23. The lowest BCUT2D eigenvalue weighted by Gasteiger charge is -2.12. The molecule has 2 aromatic rings. The minimum atomic E-state index is -3.87. The summed E-state index contributed by atoms with van der Waals surface area (Å²) in [6.45, 7) is 1.80. The smallest absolute Gasteiger partial charge is 0.335 e. The Balaban J connectivity index is 2.48. The molecular weight excluding hydrogens is 292 g/mol. The SMILES string of the molecule is CCc1ccc(C(=O)O)cc1S(=O)(=O)Nc1cccnc1. The molecule has 0 aliphatic heterocycles. The molecule has 110 valence electrons. The van der Waals surface area contributed by atoms with Gasteiger partial charge in [-0.15, -0.1) is 0 Å². The molecule has 1 aromatic heterocycles. The van der Waals surface area contributed by atoms with Crippen LogP contribution in [0.3, 0.4) is 0 Å². The highest BCUT2D eigenvalue weighted by Gasteiger charge is 2.20. The van der Waals surface area contributed by atoms with Gasteiger partial charge >= 0.3 is 5.97 Å². The predicted molar refractivity (Wildman–Crippen MR) is 77.8 cm³/mol. The van der Waals surface area contributed by atoms with Crippen LogP contribution in [0.25, 0.3) is 0 Å². The minimum Gasteiger partial charge on any atom is -0.478 e. The topological polar surface area (TPSA) is 96.4 Å². The molecule has 1 heterocycles. The molecule has 0 aliphatic carbocycles. The van der Waals surface area contributed by atoms with Gasteiger partial charge in [0, 0.05) is 6.20 Å². The number of carboxylic acid groups (broad SMARTS) is 1. The van der Waals surface area contributed by atoms with Crippen molar-refractivity contribution in [2.24, 2.45) is 0 Å². The largest absolute Gasteiger partial charge is 0.478 e. The highest BCUT2D eigenvalue weighted by Crippen LogP contribution is 2.21. The van der Waals surface area contributed by atoms with Crippen molar-refractivity contribution in [2.75, 3.05) is 4.72 Å². The van der Waals surface area contributed by atoms with Crippen LogP contribution >= 0.6 is 0 Å². The highest BCUT2D eigenvalue weighted by molar-refractivity contribution is 7.92. The Morgan fingerprint density at radius 2 is 2.10 bits per heavy atom. The summed E-state index contributed by atoms with van der Waals surface area (Å²) in [5, 5.41) is 9.00. The molecule has 2 rings (SSSR count). The van der Waals surface area contributed by atoms with E-state index in [1.165, 1.54) is 30.6 Å². The van der Waals surface area contributed by atoms with E-state index in [2.05, 4.69) is 9.71 Å². The lowest BCUT2D eigenvalue weighted by Crippen LogP contribution is -2.16. The number of nitrogens with one attached hydrogen (secondary N) is 1. The molecular formula is C14H14N2O4S. The number of hydrogen-bond acceptors (Lipinski definition) is 4. The molecule has 0 radical (unpaired) electrons. The van der Waals surface area contributed by atoms with E-state index in [9.17, 15) is 13.2 Å². The summed E-state index contributed by atoms with van der Waals surface area (Å²) >= 11 is 0. The van der Waals surface area contributed by atoms with Crippen molar-refractivity contribution in [3.05, 3.63) is 53.9 Å². The van der Waals surface area contributed by atoms with E-state index in [1.807, 2.05) is 0 Å². The molecule has 0 saturated heterocycles. The number of nitrogens with zero attached hydrogens (tertiary/aromatic N) is 1. The van der Waals surface area contributed by atoms with Gasteiger partial charge < -0.3 is 5.11 Å². The van der Waals surface area contributed by atoms with Crippen LogP contribution in [0.4, 0.5) is 5.69 Å². The quantitative estimate of drug-likeness (QED) is 0.882. The molecule has 0 bridgehead atoms. The average molecular weight is 306 g/mol. The number of aromatic nitrogens is 1. The van der Waals surface area contributed by atoms with Crippen molar-refractivity contribution < 1.29 is 18.3 Å². The standard InChI is InChI=1S/C14H14N2O4S/c1-2-10-5-6-11(14(17)18)8-13(10)21(19,20)16-12-4-3-7-15-9-12/h3-9,16H,2H2,1H3,(H,17,18). The first-order valence-electron chi connectivity index (χ1n) is 6.23. The van der Waals surface area contributed by atoms with Gasteiger partial charge in [0.2, 0.25) is 0 Å². The molecule has 7 heteroatoms. The van der Waals surface area contributed by atoms with E-state index in [4.69, 9.17) is 5.11 Å². The fourth-order valence-electron chi connectivity index (χ4n) is 1.86. The van der Waals surface area contributed by atoms with Gasteiger partial charge in [-0.3, -0.25) is 9.71 Å². The molecule has 21 heavy (non-hydrogen) atoms. The minimum absolute atomic E-state index is 0.0336. The fraction of sp³-hybridized carbons (Fsp3) is 0.143. The van der Waals surface area contributed by atoms with Crippen LogP contribution in [0.5, 0.6) is 0 Å². The lowest BCUT2D eigenvalue weighted by atomic mass is 10.1. The van der Waals surface area contributed by atoms with Gasteiger partial charge in [-0.25, -0.2) is 13.2 Å². The number of hydrogen-bond donors (Lipinski definition) is 2. The van der Waals surface area contributed by atoms with Crippen molar-refractivity contribution >= 4 is 21.7 Å². The number of sulfonamides is 1. The molecule has 0 amide bonds. The van der Waals surface area contributed by atoms with Crippen molar-refractivity contribution in [3.8, 4) is 0 Å². The molecule has 0 fully saturated rings. The Morgan fingerprint density at radius 3 is 2.67 bits per heavy atom. The number of pyridine rings is 1. The summed E-state index contributed by atoms with van der Waals surface area (Å²) in [5.74, 6) is -1.17. The number of carbonyl (C=O) groups is 1. The second kappa shape index (κ2) is 5.92. The van der Waals surface area contributed by atoms with Gasteiger partial charge in [0.15, 0.2) is 0 Å². The Labute approximate surface area is 122 Å². The van der Waals surface area contributed by atoms with Gasteiger partial charge in [-0.2, -0.15) is 0 Å². The van der Waals surface area contributed by atoms with Crippen molar-refractivity contribution in [1.82, 2.24) is 4.98 Å². The lowest BCUT2D eigenvalue weighted by molar-refractivity contribution is 0.0696. The summed E-state index contributed by atoms with van der Waals surface area (Å²) in [7, 11) is -3.87. The van der Waals surface area contributed by atoms with E-state index in [-0.39, 0.29) is 10.5 Å². The van der Waals surface area contributed by atoms with Crippen molar-refractivity contribution in [1.29, 1.82) is 0 Å². The summed E-state index contributed by atoms with van der Waals surface area (Å²) in [6.07, 6.45) is 3.38. The van der Waals surface area contributed by atoms with Gasteiger partial charge in [0.1, 0.15) is 0 Å². The third kappa shape index (κ3) is 3.38. The van der Waals surface area contributed by atoms with Crippen LogP contribution in [0.15, 0.2) is 47.6 Å². The summed E-state index contributed by atoms with van der Waals surface area (Å²) in [5.41, 5.74) is 0.801. The zero-order valence-corrected chi connectivity index (χ0v) is 12.1. The molecule has 6 nitrogen and oxygen atoms in total. The number of aromatic carboxylic acids is 1. The van der Waals surface area contributed by atoms with E-state index in [0.717, 1.165) is 0 Å². The molecule has 0 unspecified atom stereocenters. The third-order valence-corrected chi connectivity index (χ3v) is 4.36. The van der Waals surface area contributed by atoms with Crippen LogP contribution in [0.1, 0.15) is 22.8 Å². The van der Waals surface area contributed by atoms with E-state index in [0.29, 0.717) is 17.7 Å². The number of aryl methyl sites for hydroxylation is 1. The molecule has 0 spiro atoms. The van der Waals surface area contributed by atoms with Crippen LogP contribution < -0.4 is 4.72 Å². The van der Waals surface area contributed by atoms with E-state index < -0.39 is 16.0 Å². The zero-order valence-electron chi connectivity index (χ0n) is 11.3. The first-order chi connectivity index (χ1) is 9.94. The van der Waals surface area contributed by atoms with Crippen LogP contribution in [-0.2, 0) is 16.4 Å². The van der Waals surface area contributed by atoms with Crippen molar-refractivity contribution in [3.63, 3.8) is 0 Å². The first-order valence-corrected chi connectivity index (χ1v) is 7.71. The normalized spacial score (nSPS) is 11.1. The number of carboxylic acids is 1. The Morgan fingerprint density at radius 1 is 1.33 bits per heavy atom. The Bertz CT molecular complexity index is 758. The highest BCUT2D eigenvalue weighted by atomic mass is 32.2. The molecule has 0 saturated carbocycles. The monoisotopic (exact) mass is 306 g/mol. The summed E-state index contributed by atoms with van der Waals surface area (Å²) < 4.78 is 27.2. The average Bonchev–Trinajstić information content (AvgIpc) is 2.47. The summed E-state index contributed by atoms with van der Waals surface area (Å²) in [6, 6.07) is 7.24. The third-order valence-electron chi connectivity index (χ3n) is 2.90. The Hall–Kier alpha value is -2.41. The molecule has 0 atom stereocenters. The second-order valence-electron chi connectivity index (χ2n) is 4.33. The predicted octanol–water partition coefficient (Wildman–Crippen LogP) is 2.14. The molecule has 2 N–H and O–H groups in total. The van der Waals surface area contributed by atoms with Gasteiger partial charge in [0.25, 0.3) is 10.0 Å². The van der Waals surface area contributed by atoms with Crippen LogP contribution in [-0.4, -0.2) is 24.5 Å².